The minimum absolute atomic E-state index is 0.0260. The Bertz CT molecular complexity index is 527. The molecule has 1 fully saturated rings. The number of carbonyl (C=O) groups excluding carboxylic acids is 1. The Morgan fingerprint density at radius 3 is 2.70 bits per heavy atom. The number of hydrogen-bond acceptors (Lipinski definition) is 2. The Kier molecular flexibility index (Phi) is 4.83. The number of hydrogen-bond donors (Lipinski definition) is 2. The number of anilines is 1. The molecule has 0 aromatic heterocycles. The summed E-state index contributed by atoms with van der Waals surface area (Å²) in [4.78, 5) is 13.2. The predicted molar refractivity (Wildman–Crippen MR) is 85.9 cm³/mol. The quantitative estimate of drug-likeness (QED) is 0.824. The lowest BCUT2D eigenvalue weighted by molar-refractivity contribution is -0.122. The molecule has 0 radical (unpaired) electrons. The Morgan fingerprint density at radius 1 is 1.45 bits per heavy atom. The van der Waals surface area contributed by atoms with Crippen LogP contribution < -0.4 is 11.1 Å². The number of likely N-dealkylation sites (tertiary alicyclic amines) is 1. The van der Waals surface area contributed by atoms with Crippen LogP contribution in [0.25, 0.3) is 0 Å². The fourth-order valence-corrected chi connectivity index (χ4v) is 2.77. The molecule has 1 aromatic carbocycles. The van der Waals surface area contributed by atoms with E-state index in [1.165, 1.54) is 0 Å². The van der Waals surface area contributed by atoms with E-state index in [0.29, 0.717) is 10.1 Å². The first-order valence-electron chi connectivity index (χ1n) is 6.59. The Hall–Kier alpha value is -1.33. The molecule has 0 saturated carbocycles. The van der Waals surface area contributed by atoms with E-state index in [9.17, 15) is 4.79 Å². The zero-order valence-electron chi connectivity index (χ0n) is 11.4. The molecular weight excluding hydrogens is 294 g/mol. The molecule has 1 aromatic rings. The maximum Gasteiger partial charge on any atom is 0.220 e. The standard InChI is InChI=1S/C14H18ClN3OS/c1-9-11(15)3-2-4-12(9)17-14(20)18-7-5-10(6-8-18)13(16)19/h2-4,10H,5-8H2,1H3,(H2,16,19)(H,17,20). The van der Waals surface area contributed by atoms with Gasteiger partial charge in [0.2, 0.25) is 5.91 Å². The van der Waals surface area contributed by atoms with Crippen LogP contribution in [0, 0.1) is 12.8 Å². The SMILES string of the molecule is Cc1c(Cl)cccc1NC(=S)N1CCC(C(N)=O)CC1. The van der Waals surface area contributed by atoms with Crippen LogP contribution in [0.3, 0.4) is 0 Å². The monoisotopic (exact) mass is 311 g/mol. The number of nitrogens with one attached hydrogen (secondary N) is 1. The molecule has 6 heteroatoms. The molecule has 3 N–H and O–H groups in total. The first-order chi connectivity index (χ1) is 9.49. The summed E-state index contributed by atoms with van der Waals surface area (Å²) in [5.41, 5.74) is 7.22. The molecule has 1 saturated heterocycles. The summed E-state index contributed by atoms with van der Waals surface area (Å²) in [6, 6.07) is 5.69. The van der Waals surface area contributed by atoms with Gasteiger partial charge in [0, 0.05) is 29.7 Å². The van der Waals surface area contributed by atoms with E-state index in [4.69, 9.17) is 29.6 Å². The summed E-state index contributed by atoms with van der Waals surface area (Å²) in [7, 11) is 0. The average molecular weight is 312 g/mol. The van der Waals surface area contributed by atoms with Crippen LogP contribution in [-0.4, -0.2) is 29.0 Å². The summed E-state index contributed by atoms with van der Waals surface area (Å²) in [6.07, 6.45) is 1.51. The van der Waals surface area contributed by atoms with Crippen LogP contribution in [0.1, 0.15) is 18.4 Å². The van der Waals surface area contributed by atoms with Crippen LogP contribution >= 0.6 is 23.8 Å². The molecular formula is C14H18ClN3OS. The molecule has 0 aliphatic carbocycles. The van der Waals surface area contributed by atoms with Gasteiger partial charge in [0.05, 0.1) is 0 Å². The van der Waals surface area contributed by atoms with Crippen molar-refractivity contribution in [3.05, 3.63) is 28.8 Å². The Balaban J connectivity index is 1.96. The van der Waals surface area contributed by atoms with Crippen LogP contribution in [0.15, 0.2) is 18.2 Å². The van der Waals surface area contributed by atoms with Gasteiger partial charge in [-0.05, 0) is 49.7 Å². The number of nitrogens with zero attached hydrogens (tertiary/aromatic N) is 1. The van der Waals surface area contributed by atoms with Gasteiger partial charge in [-0.15, -0.1) is 0 Å². The normalized spacial score (nSPS) is 16.0. The average Bonchev–Trinajstić information content (AvgIpc) is 2.44. The number of thiocarbonyl (C=S) groups is 1. The number of primary amides is 1. The van der Waals surface area contributed by atoms with Crippen molar-refractivity contribution in [2.75, 3.05) is 18.4 Å². The van der Waals surface area contributed by atoms with Gasteiger partial charge in [-0.1, -0.05) is 17.7 Å². The Labute approximate surface area is 129 Å². The van der Waals surface area contributed by atoms with Crippen molar-refractivity contribution in [3.8, 4) is 0 Å². The molecule has 0 spiro atoms. The summed E-state index contributed by atoms with van der Waals surface area (Å²) in [6.45, 7) is 3.45. The maximum atomic E-state index is 11.1. The summed E-state index contributed by atoms with van der Waals surface area (Å²) < 4.78 is 0. The topological polar surface area (TPSA) is 58.4 Å². The second-order valence-electron chi connectivity index (χ2n) is 5.01. The van der Waals surface area contributed by atoms with E-state index >= 15 is 0 Å². The Morgan fingerprint density at radius 2 is 2.10 bits per heavy atom. The van der Waals surface area contributed by atoms with Crippen LogP contribution in [0.5, 0.6) is 0 Å². The van der Waals surface area contributed by atoms with Crippen LogP contribution in [0.2, 0.25) is 5.02 Å². The number of piperidine rings is 1. The number of nitrogens with two attached hydrogens (primary N) is 1. The van der Waals surface area contributed by atoms with Gasteiger partial charge in [-0.3, -0.25) is 4.79 Å². The zero-order chi connectivity index (χ0) is 14.7. The van der Waals surface area contributed by atoms with E-state index < -0.39 is 0 Å². The summed E-state index contributed by atoms with van der Waals surface area (Å²) in [5, 5.41) is 4.60. The highest BCUT2D eigenvalue weighted by molar-refractivity contribution is 7.80. The number of carbonyl (C=O) groups is 1. The molecule has 1 aliphatic rings. The van der Waals surface area contributed by atoms with Crippen molar-refractivity contribution in [2.45, 2.75) is 19.8 Å². The first-order valence-corrected chi connectivity index (χ1v) is 7.38. The van der Waals surface area contributed by atoms with Crippen molar-refractivity contribution in [1.82, 2.24) is 4.90 Å². The minimum atomic E-state index is -0.214. The van der Waals surface area contributed by atoms with Crippen molar-refractivity contribution < 1.29 is 4.79 Å². The van der Waals surface area contributed by atoms with Gasteiger partial charge < -0.3 is 16.0 Å². The smallest absolute Gasteiger partial charge is 0.220 e. The first kappa shape index (κ1) is 15.1. The van der Waals surface area contributed by atoms with E-state index in [0.717, 1.165) is 37.2 Å². The molecule has 1 heterocycles. The number of benzene rings is 1. The molecule has 4 nitrogen and oxygen atoms in total. The van der Waals surface area contributed by atoms with Gasteiger partial charge in [-0.2, -0.15) is 0 Å². The molecule has 0 bridgehead atoms. The third-order valence-electron chi connectivity index (χ3n) is 3.69. The predicted octanol–water partition coefficient (Wildman–Crippen LogP) is 2.54. The van der Waals surface area contributed by atoms with Gasteiger partial charge in [0.15, 0.2) is 5.11 Å². The van der Waals surface area contributed by atoms with E-state index in [1.807, 2.05) is 25.1 Å². The third-order valence-corrected chi connectivity index (χ3v) is 4.46. The zero-order valence-corrected chi connectivity index (χ0v) is 12.9. The van der Waals surface area contributed by atoms with Crippen molar-refractivity contribution >= 4 is 40.5 Å². The number of halogens is 1. The van der Waals surface area contributed by atoms with Crippen molar-refractivity contribution in [1.29, 1.82) is 0 Å². The minimum Gasteiger partial charge on any atom is -0.369 e. The van der Waals surface area contributed by atoms with E-state index in [1.54, 1.807) is 0 Å². The van der Waals surface area contributed by atoms with Gasteiger partial charge in [-0.25, -0.2) is 0 Å². The fourth-order valence-electron chi connectivity index (χ4n) is 2.30. The lowest BCUT2D eigenvalue weighted by Crippen LogP contribution is -2.43. The van der Waals surface area contributed by atoms with Gasteiger partial charge in [0.25, 0.3) is 0 Å². The van der Waals surface area contributed by atoms with Crippen molar-refractivity contribution in [3.63, 3.8) is 0 Å². The molecule has 0 unspecified atom stereocenters. The molecule has 2 rings (SSSR count). The summed E-state index contributed by atoms with van der Waals surface area (Å²) >= 11 is 11.5. The fraction of sp³-hybridized carbons (Fsp3) is 0.429. The molecule has 0 atom stereocenters. The maximum absolute atomic E-state index is 11.1. The van der Waals surface area contributed by atoms with Gasteiger partial charge in [0.1, 0.15) is 0 Å². The molecule has 108 valence electrons. The summed E-state index contributed by atoms with van der Waals surface area (Å²) in [5.74, 6) is -0.240. The van der Waals surface area contributed by atoms with E-state index in [-0.39, 0.29) is 11.8 Å². The van der Waals surface area contributed by atoms with Crippen LogP contribution in [-0.2, 0) is 4.79 Å². The van der Waals surface area contributed by atoms with Gasteiger partial charge >= 0.3 is 0 Å². The molecule has 1 aliphatic heterocycles. The molecule has 20 heavy (non-hydrogen) atoms. The largest absolute Gasteiger partial charge is 0.369 e. The lowest BCUT2D eigenvalue weighted by Gasteiger charge is -2.32. The lowest BCUT2D eigenvalue weighted by atomic mass is 9.97. The van der Waals surface area contributed by atoms with E-state index in [2.05, 4.69) is 10.2 Å². The third kappa shape index (κ3) is 3.41. The highest BCUT2D eigenvalue weighted by Crippen LogP contribution is 2.24. The second kappa shape index (κ2) is 6.41. The highest BCUT2D eigenvalue weighted by atomic mass is 35.5. The van der Waals surface area contributed by atoms with Crippen molar-refractivity contribution in [2.24, 2.45) is 11.7 Å². The highest BCUT2D eigenvalue weighted by Gasteiger charge is 2.24. The number of rotatable bonds is 2. The second-order valence-corrected chi connectivity index (χ2v) is 5.80. The molecule has 1 amide bonds. The number of amides is 1. The van der Waals surface area contributed by atoms with Crippen LogP contribution in [0.4, 0.5) is 5.69 Å².